The summed E-state index contributed by atoms with van der Waals surface area (Å²) in [4.78, 5) is 11.7. The van der Waals surface area contributed by atoms with Gasteiger partial charge in [-0.2, -0.15) is 0 Å². The van der Waals surface area contributed by atoms with Gasteiger partial charge in [-0.15, -0.1) is 0 Å². The van der Waals surface area contributed by atoms with Gasteiger partial charge in [0.1, 0.15) is 0 Å². The summed E-state index contributed by atoms with van der Waals surface area (Å²) in [5.41, 5.74) is -0.441. The average Bonchev–Trinajstić information content (AvgIpc) is 2.52. The van der Waals surface area contributed by atoms with Crippen molar-refractivity contribution < 1.29 is 4.79 Å². The van der Waals surface area contributed by atoms with E-state index in [1.54, 1.807) is 4.68 Å². The van der Waals surface area contributed by atoms with E-state index in [0.717, 1.165) is 6.42 Å². The number of amides is 1. The summed E-state index contributed by atoms with van der Waals surface area (Å²) in [5.74, 6) is 0.325. The van der Waals surface area contributed by atoms with E-state index in [9.17, 15) is 4.79 Å². The number of hydrogen-bond donors (Lipinski definition) is 1. The van der Waals surface area contributed by atoms with Crippen LogP contribution in [0.4, 0.5) is 5.95 Å². The molecule has 1 amide bonds. The molecular weight excluding hydrogens is 194 g/mol. The maximum absolute atomic E-state index is 11.7. The molecule has 0 bridgehead atoms. The number of carbonyl (C=O) groups is 1. The maximum Gasteiger partial charge on any atom is 0.249 e. The molecule has 0 unspecified atom stereocenters. The molecule has 1 aromatic heterocycles. The van der Waals surface area contributed by atoms with Crippen molar-refractivity contribution in [2.45, 2.75) is 40.7 Å². The Hall–Kier alpha value is -1.46. The summed E-state index contributed by atoms with van der Waals surface area (Å²) in [6.45, 7) is 8.26. The number of anilines is 1. The number of aromatic nitrogens is 4. The Balaban J connectivity index is 2.72. The zero-order chi connectivity index (χ0) is 11.5. The third-order valence-corrected chi connectivity index (χ3v) is 1.87. The van der Waals surface area contributed by atoms with Gasteiger partial charge < -0.3 is 0 Å². The predicted octanol–water partition coefficient (Wildman–Crippen LogP) is 1.07. The highest BCUT2D eigenvalue weighted by Crippen LogP contribution is 2.15. The highest BCUT2D eigenvalue weighted by atomic mass is 16.2. The van der Waals surface area contributed by atoms with Crippen molar-refractivity contribution in [1.29, 1.82) is 0 Å². The second-order valence-electron chi connectivity index (χ2n) is 4.43. The van der Waals surface area contributed by atoms with E-state index in [2.05, 4.69) is 20.8 Å². The van der Waals surface area contributed by atoms with E-state index >= 15 is 0 Å². The number of aryl methyl sites for hydroxylation is 1. The number of hydrogen-bond acceptors (Lipinski definition) is 4. The molecule has 1 heterocycles. The molecule has 0 aromatic carbocycles. The molecule has 1 rings (SSSR count). The van der Waals surface area contributed by atoms with Gasteiger partial charge in [-0.05, 0) is 16.8 Å². The minimum Gasteiger partial charge on any atom is -0.293 e. The van der Waals surface area contributed by atoms with Gasteiger partial charge in [-0.25, -0.2) is 4.68 Å². The molecule has 1 N–H and O–H groups in total. The lowest BCUT2D eigenvalue weighted by Crippen LogP contribution is -2.29. The van der Waals surface area contributed by atoms with Crippen molar-refractivity contribution >= 4 is 11.9 Å². The van der Waals surface area contributed by atoms with Crippen LogP contribution in [-0.2, 0) is 11.3 Å². The van der Waals surface area contributed by atoms with Crippen LogP contribution in [0.25, 0.3) is 0 Å². The summed E-state index contributed by atoms with van der Waals surface area (Å²) in [5, 5.41) is 13.8. The van der Waals surface area contributed by atoms with Gasteiger partial charge in [-0.3, -0.25) is 10.1 Å². The van der Waals surface area contributed by atoms with Crippen LogP contribution >= 0.6 is 0 Å². The minimum absolute atomic E-state index is 0.0883. The van der Waals surface area contributed by atoms with E-state index in [0.29, 0.717) is 12.5 Å². The quantitative estimate of drug-likeness (QED) is 0.811. The predicted molar refractivity (Wildman–Crippen MR) is 56.2 cm³/mol. The van der Waals surface area contributed by atoms with Crippen LogP contribution in [0.2, 0.25) is 0 Å². The molecule has 0 atom stereocenters. The largest absolute Gasteiger partial charge is 0.293 e. The number of nitrogens with one attached hydrogen (secondary N) is 1. The molecular formula is C9H17N5O. The van der Waals surface area contributed by atoms with Crippen LogP contribution in [0.5, 0.6) is 0 Å². The fraction of sp³-hybridized carbons (Fsp3) is 0.778. The molecule has 15 heavy (non-hydrogen) atoms. The SMILES string of the molecule is CCCn1nnnc1NC(=O)C(C)(C)C. The first-order valence-electron chi connectivity index (χ1n) is 5.02. The second-order valence-corrected chi connectivity index (χ2v) is 4.43. The summed E-state index contributed by atoms with van der Waals surface area (Å²) < 4.78 is 1.59. The molecule has 84 valence electrons. The summed E-state index contributed by atoms with van der Waals surface area (Å²) in [6.07, 6.45) is 0.920. The maximum atomic E-state index is 11.7. The summed E-state index contributed by atoms with van der Waals surface area (Å²) >= 11 is 0. The van der Waals surface area contributed by atoms with Gasteiger partial charge in [-0.1, -0.05) is 32.8 Å². The first kappa shape index (κ1) is 11.6. The van der Waals surface area contributed by atoms with Crippen molar-refractivity contribution in [2.75, 3.05) is 5.32 Å². The monoisotopic (exact) mass is 211 g/mol. The van der Waals surface area contributed by atoms with Crippen molar-refractivity contribution in [3.05, 3.63) is 0 Å². The Kier molecular flexibility index (Phi) is 3.39. The Morgan fingerprint density at radius 1 is 1.47 bits per heavy atom. The van der Waals surface area contributed by atoms with E-state index in [1.165, 1.54) is 0 Å². The lowest BCUT2D eigenvalue weighted by atomic mass is 9.96. The first-order valence-corrected chi connectivity index (χ1v) is 5.02. The Bertz CT molecular complexity index is 339. The molecule has 0 aliphatic carbocycles. The zero-order valence-corrected chi connectivity index (χ0v) is 9.61. The highest BCUT2D eigenvalue weighted by Gasteiger charge is 2.23. The van der Waals surface area contributed by atoms with Gasteiger partial charge in [0.05, 0.1) is 0 Å². The molecule has 6 nitrogen and oxygen atoms in total. The third-order valence-electron chi connectivity index (χ3n) is 1.87. The molecule has 0 fully saturated rings. The summed E-state index contributed by atoms with van der Waals surface area (Å²) in [7, 11) is 0. The first-order chi connectivity index (χ1) is 6.95. The van der Waals surface area contributed by atoms with Crippen molar-refractivity contribution in [1.82, 2.24) is 20.2 Å². The number of carbonyl (C=O) groups excluding carboxylic acids is 1. The molecule has 0 saturated heterocycles. The number of tetrazole rings is 1. The van der Waals surface area contributed by atoms with Crippen LogP contribution in [0.1, 0.15) is 34.1 Å². The number of nitrogens with zero attached hydrogens (tertiary/aromatic N) is 4. The van der Waals surface area contributed by atoms with E-state index in [4.69, 9.17) is 0 Å². The van der Waals surface area contributed by atoms with Crippen molar-refractivity contribution in [2.24, 2.45) is 5.41 Å². The van der Waals surface area contributed by atoms with Gasteiger partial charge in [0.15, 0.2) is 0 Å². The molecule has 0 radical (unpaired) electrons. The second kappa shape index (κ2) is 4.37. The van der Waals surface area contributed by atoms with E-state index < -0.39 is 5.41 Å². The fourth-order valence-corrected chi connectivity index (χ4v) is 0.946. The molecule has 0 saturated carbocycles. The topological polar surface area (TPSA) is 72.7 Å². The van der Waals surface area contributed by atoms with Gasteiger partial charge in [0, 0.05) is 12.0 Å². The van der Waals surface area contributed by atoms with Crippen LogP contribution in [-0.4, -0.2) is 26.1 Å². The lowest BCUT2D eigenvalue weighted by Gasteiger charge is -2.16. The fourth-order valence-electron chi connectivity index (χ4n) is 0.946. The molecule has 0 spiro atoms. The van der Waals surface area contributed by atoms with Crippen LogP contribution in [0.3, 0.4) is 0 Å². The van der Waals surface area contributed by atoms with Crippen molar-refractivity contribution in [3.8, 4) is 0 Å². The van der Waals surface area contributed by atoms with E-state index in [1.807, 2.05) is 27.7 Å². The average molecular weight is 211 g/mol. The van der Waals surface area contributed by atoms with Gasteiger partial charge in [0.2, 0.25) is 11.9 Å². The van der Waals surface area contributed by atoms with E-state index in [-0.39, 0.29) is 5.91 Å². The Morgan fingerprint density at radius 2 is 2.13 bits per heavy atom. The van der Waals surface area contributed by atoms with Crippen LogP contribution in [0, 0.1) is 5.41 Å². The van der Waals surface area contributed by atoms with Gasteiger partial charge >= 0.3 is 0 Å². The smallest absolute Gasteiger partial charge is 0.249 e. The molecule has 1 aromatic rings. The molecule has 0 aliphatic rings. The van der Waals surface area contributed by atoms with Crippen LogP contribution in [0.15, 0.2) is 0 Å². The van der Waals surface area contributed by atoms with Crippen molar-refractivity contribution in [3.63, 3.8) is 0 Å². The third kappa shape index (κ3) is 3.00. The molecule has 6 heteroatoms. The Morgan fingerprint density at radius 3 is 2.67 bits per heavy atom. The lowest BCUT2D eigenvalue weighted by molar-refractivity contribution is -0.123. The highest BCUT2D eigenvalue weighted by molar-refractivity contribution is 5.92. The van der Waals surface area contributed by atoms with Gasteiger partial charge in [0.25, 0.3) is 0 Å². The minimum atomic E-state index is -0.441. The normalized spacial score (nSPS) is 11.5. The van der Waals surface area contributed by atoms with Crippen LogP contribution < -0.4 is 5.32 Å². The Labute approximate surface area is 89.0 Å². The molecule has 0 aliphatic heterocycles. The summed E-state index contributed by atoms with van der Waals surface area (Å²) in [6, 6.07) is 0. The zero-order valence-electron chi connectivity index (χ0n) is 9.61. The number of rotatable bonds is 3. The standard InChI is InChI=1S/C9H17N5O/c1-5-6-14-8(11-12-13-14)10-7(15)9(2,3)4/h5-6H2,1-4H3,(H,10,11,13,15).